The Kier molecular flexibility index (Phi) is 5.31. The molecule has 2 N–H and O–H groups in total. The lowest BCUT2D eigenvalue weighted by molar-refractivity contribution is -0.136. The minimum absolute atomic E-state index is 0.0863. The Morgan fingerprint density at radius 2 is 2.00 bits per heavy atom. The third-order valence-electron chi connectivity index (χ3n) is 3.20. The van der Waals surface area contributed by atoms with E-state index in [9.17, 15) is 9.59 Å². The van der Waals surface area contributed by atoms with Crippen LogP contribution in [-0.2, 0) is 11.3 Å². The fourth-order valence-electron chi connectivity index (χ4n) is 1.97. The molecule has 1 aliphatic rings. The van der Waals surface area contributed by atoms with Gasteiger partial charge in [0.25, 0.3) is 0 Å². The number of carboxylic acids is 1. The third-order valence-corrected chi connectivity index (χ3v) is 3.94. The monoisotopic (exact) mass is 330 g/mol. The van der Waals surface area contributed by atoms with Gasteiger partial charge in [0.15, 0.2) is 0 Å². The molecule has 0 unspecified atom stereocenters. The van der Waals surface area contributed by atoms with Crippen molar-refractivity contribution in [1.29, 1.82) is 0 Å². The van der Waals surface area contributed by atoms with Gasteiger partial charge in [-0.25, -0.2) is 4.79 Å². The number of hydrogen-bond acceptors (Lipinski definition) is 2. The fraction of sp³-hybridized carbons (Fsp3) is 0.429. The molecule has 0 spiro atoms. The molecule has 0 saturated heterocycles. The van der Waals surface area contributed by atoms with Gasteiger partial charge in [-0.15, -0.1) is 0 Å². The highest BCUT2D eigenvalue weighted by molar-refractivity contribution is 6.42. The number of aliphatic carboxylic acids is 1. The van der Waals surface area contributed by atoms with Gasteiger partial charge in [-0.05, 0) is 30.5 Å². The molecular formula is C14H16Cl2N2O3. The molecule has 1 fully saturated rings. The lowest BCUT2D eigenvalue weighted by Gasteiger charge is -2.23. The first kappa shape index (κ1) is 15.9. The molecule has 1 aromatic rings. The highest BCUT2D eigenvalue weighted by Gasteiger charge is 2.32. The van der Waals surface area contributed by atoms with E-state index in [1.54, 1.807) is 17.0 Å². The Morgan fingerprint density at radius 1 is 1.29 bits per heavy atom. The van der Waals surface area contributed by atoms with Gasteiger partial charge in [0.05, 0.1) is 16.5 Å². The summed E-state index contributed by atoms with van der Waals surface area (Å²) in [6, 6.07) is 5.24. The number of nitrogens with zero attached hydrogens (tertiary/aromatic N) is 1. The summed E-state index contributed by atoms with van der Waals surface area (Å²) in [6.45, 7) is 0.555. The quantitative estimate of drug-likeness (QED) is 0.841. The maximum Gasteiger partial charge on any atom is 0.317 e. The van der Waals surface area contributed by atoms with Crippen LogP contribution >= 0.6 is 23.2 Å². The lowest BCUT2D eigenvalue weighted by atomic mass is 10.2. The molecule has 0 bridgehead atoms. The molecule has 1 saturated carbocycles. The van der Waals surface area contributed by atoms with E-state index < -0.39 is 5.97 Å². The van der Waals surface area contributed by atoms with E-state index in [1.807, 2.05) is 6.07 Å². The van der Waals surface area contributed by atoms with Gasteiger partial charge >= 0.3 is 12.0 Å². The lowest BCUT2D eigenvalue weighted by Crippen LogP contribution is -2.41. The van der Waals surface area contributed by atoms with Crippen LogP contribution in [0.4, 0.5) is 4.79 Å². The van der Waals surface area contributed by atoms with Crippen molar-refractivity contribution in [3.63, 3.8) is 0 Å². The van der Waals surface area contributed by atoms with Crippen molar-refractivity contribution in [2.24, 2.45) is 0 Å². The molecule has 0 heterocycles. The first-order chi connectivity index (χ1) is 9.97. The van der Waals surface area contributed by atoms with Crippen molar-refractivity contribution in [3.05, 3.63) is 33.8 Å². The van der Waals surface area contributed by atoms with Gasteiger partial charge in [0, 0.05) is 19.1 Å². The summed E-state index contributed by atoms with van der Waals surface area (Å²) in [6.07, 6.45) is 1.85. The highest BCUT2D eigenvalue weighted by Crippen LogP contribution is 2.30. The number of carbonyl (C=O) groups excluding carboxylic acids is 1. The van der Waals surface area contributed by atoms with Crippen LogP contribution in [0.5, 0.6) is 0 Å². The largest absolute Gasteiger partial charge is 0.481 e. The van der Waals surface area contributed by atoms with Crippen molar-refractivity contribution in [1.82, 2.24) is 10.2 Å². The average Bonchev–Trinajstić information content (AvgIpc) is 3.23. The molecule has 2 amide bonds. The first-order valence-electron chi connectivity index (χ1n) is 6.67. The SMILES string of the molecule is O=C(O)CCNC(=O)N(Cc1ccc(Cl)c(Cl)c1)C1CC1. The Morgan fingerprint density at radius 3 is 2.57 bits per heavy atom. The predicted octanol–water partition coefficient (Wildman–Crippen LogP) is 3.14. The van der Waals surface area contributed by atoms with Crippen LogP contribution in [0.15, 0.2) is 18.2 Å². The Balaban J connectivity index is 1.96. The fourth-order valence-corrected chi connectivity index (χ4v) is 2.29. The number of carboxylic acid groups (broad SMARTS) is 1. The Bertz CT molecular complexity index is 547. The van der Waals surface area contributed by atoms with Crippen molar-refractivity contribution in [2.75, 3.05) is 6.54 Å². The number of urea groups is 1. The zero-order valence-electron chi connectivity index (χ0n) is 11.3. The summed E-state index contributed by atoms with van der Waals surface area (Å²) in [7, 11) is 0. The normalized spacial score (nSPS) is 13.8. The van der Waals surface area contributed by atoms with Crippen molar-refractivity contribution in [3.8, 4) is 0 Å². The molecule has 21 heavy (non-hydrogen) atoms. The minimum atomic E-state index is -0.933. The van der Waals surface area contributed by atoms with Gasteiger partial charge in [-0.3, -0.25) is 4.79 Å². The number of amides is 2. The number of rotatable bonds is 6. The molecule has 1 aromatic carbocycles. The third kappa shape index (κ3) is 4.79. The maximum absolute atomic E-state index is 12.1. The number of halogens is 2. The zero-order chi connectivity index (χ0) is 15.4. The van der Waals surface area contributed by atoms with Gasteiger partial charge in [-0.2, -0.15) is 0 Å². The van der Waals surface area contributed by atoms with Crippen LogP contribution in [0.3, 0.4) is 0 Å². The molecule has 114 valence electrons. The van der Waals surface area contributed by atoms with Gasteiger partial charge in [0.1, 0.15) is 0 Å². The van der Waals surface area contributed by atoms with Crippen LogP contribution in [0.2, 0.25) is 10.0 Å². The van der Waals surface area contributed by atoms with E-state index in [2.05, 4.69) is 5.32 Å². The smallest absolute Gasteiger partial charge is 0.317 e. The zero-order valence-corrected chi connectivity index (χ0v) is 12.8. The van der Waals surface area contributed by atoms with Crippen LogP contribution < -0.4 is 5.32 Å². The Hall–Kier alpha value is -1.46. The summed E-state index contributed by atoms with van der Waals surface area (Å²) in [4.78, 5) is 24.3. The minimum Gasteiger partial charge on any atom is -0.481 e. The molecule has 2 rings (SSSR count). The van der Waals surface area contributed by atoms with Crippen molar-refractivity contribution in [2.45, 2.75) is 31.8 Å². The molecule has 5 nitrogen and oxygen atoms in total. The van der Waals surface area contributed by atoms with Crippen molar-refractivity contribution >= 4 is 35.2 Å². The van der Waals surface area contributed by atoms with Crippen LogP contribution in [0.1, 0.15) is 24.8 Å². The summed E-state index contributed by atoms with van der Waals surface area (Å²) in [5.41, 5.74) is 0.893. The molecule has 0 aromatic heterocycles. The van der Waals surface area contributed by atoms with E-state index in [0.29, 0.717) is 16.6 Å². The second kappa shape index (κ2) is 7.00. The van der Waals surface area contributed by atoms with E-state index in [4.69, 9.17) is 28.3 Å². The molecule has 1 aliphatic carbocycles. The average molecular weight is 331 g/mol. The number of benzene rings is 1. The first-order valence-corrected chi connectivity index (χ1v) is 7.43. The van der Waals surface area contributed by atoms with Gasteiger partial charge in [0.2, 0.25) is 0 Å². The second-order valence-electron chi connectivity index (χ2n) is 4.98. The summed E-state index contributed by atoms with van der Waals surface area (Å²) >= 11 is 11.8. The number of nitrogens with one attached hydrogen (secondary N) is 1. The van der Waals surface area contributed by atoms with Crippen molar-refractivity contribution < 1.29 is 14.7 Å². The predicted molar refractivity (Wildman–Crippen MR) is 80.7 cm³/mol. The summed E-state index contributed by atoms with van der Waals surface area (Å²) in [5, 5.41) is 12.1. The highest BCUT2D eigenvalue weighted by atomic mass is 35.5. The molecule has 7 heteroatoms. The maximum atomic E-state index is 12.1. The van der Waals surface area contributed by atoms with Crippen LogP contribution in [-0.4, -0.2) is 34.6 Å². The second-order valence-corrected chi connectivity index (χ2v) is 5.80. The summed E-state index contributed by atoms with van der Waals surface area (Å²) < 4.78 is 0. The van der Waals surface area contributed by atoms with E-state index >= 15 is 0 Å². The molecule has 0 atom stereocenters. The van der Waals surface area contributed by atoms with E-state index in [-0.39, 0.29) is 25.0 Å². The Labute approximate surface area is 132 Å². The van der Waals surface area contributed by atoms with E-state index in [1.165, 1.54) is 0 Å². The van der Waals surface area contributed by atoms with Crippen LogP contribution in [0.25, 0.3) is 0 Å². The van der Waals surface area contributed by atoms with Gasteiger partial charge < -0.3 is 15.3 Å². The number of hydrogen-bond donors (Lipinski definition) is 2. The topological polar surface area (TPSA) is 69.6 Å². The standard InChI is InChI=1S/C14H16Cl2N2O3/c15-11-4-1-9(7-12(11)16)8-18(10-2-3-10)14(21)17-6-5-13(19)20/h1,4,7,10H,2-3,5-6,8H2,(H,17,21)(H,19,20). The van der Waals surface area contributed by atoms with Gasteiger partial charge in [-0.1, -0.05) is 29.3 Å². The number of carbonyl (C=O) groups is 2. The molecule has 0 aliphatic heterocycles. The molecular weight excluding hydrogens is 315 g/mol. The van der Waals surface area contributed by atoms with E-state index in [0.717, 1.165) is 18.4 Å². The molecule has 0 radical (unpaired) electrons. The summed E-state index contributed by atoms with van der Waals surface area (Å²) in [5.74, 6) is -0.933. The van der Waals surface area contributed by atoms with Crippen LogP contribution in [0, 0.1) is 0 Å².